The average molecular weight is 724 g/mol. The largest absolute Gasteiger partial charge is 0.743 e. The molecule has 0 bridgehead atoms. The smallest absolute Gasteiger partial charge is 0.426 e. The minimum Gasteiger partial charge on any atom is -0.743 e. The van der Waals surface area contributed by atoms with Gasteiger partial charge >= 0.3 is 46.4 Å². The van der Waals surface area contributed by atoms with Gasteiger partial charge in [0.05, 0.1) is 13.2 Å². The molecule has 0 spiro atoms. The lowest BCUT2D eigenvalue weighted by Crippen LogP contribution is -2.65. The zero-order valence-electron chi connectivity index (χ0n) is 20.3. The van der Waals surface area contributed by atoms with E-state index in [1.807, 2.05) is 0 Å². The van der Waals surface area contributed by atoms with Crippen LogP contribution in [0.15, 0.2) is 24.3 Å². The first-order valence-corrected chi connectivity index (χ1v) is 12.6. The maximum absolute atomic E-state index is 13.6. The van der Waals surface area contributed by atoms with Crippen LogP contribution in [0.1, 0.15) is 11.1 Å². The first-order valence-electron chi connectivity index (χ1n) is 10.4. The van der Waals surface area contributed by atoms with Crippen molar-refractivity contribution in [3.05, 3.63) is 35.4 Å². The van der Waals surface area contributed by atoms with E-state index in [0.29, 0.717) is 0 Å². The van der Waals surface area contributed by atoms with Crippen molar-refractivity contribution in [1.82, 2.24) is 0 Å². The van der Waals surface area contributed by atoms with Crippen LogP contribution in [0.3, 0.4) is 0 Å². The summed E-state index contributed by atoms with van der Waals surface area (Å²) in [6, 6.07) is 3.40. The Bertz CT molecular complexity index is 1210. The molecule has 0 aliphatic rings. The van der Waals surface area contributed by atoms with E-state index in [1.54, 1.807) is 0 Å². The Morgan fingerprint density at radius 3 is 1.27 bits per heavy atom. The highest BCUT2D eigenvalue weighted by atomic mass is 32.2. The van der Waals surface area contributed by atoms with Gasteiger partial charge in [0.15, 0.2) is 10.1 Å². The zero-order valence-corrected chi connectivity index (χ0v) is 21.9. The van der Waals surface area contributed by atoms with Gasteiger partial charge in [0.1, 0.15) is 12.0 Å². The van der Waals surface area contributed by atoms with Crippen LogP contribution in [-0.2, 0) is 41.8 Å². The number of hydrogen-bond donors (Lipinski definition) is 0. The molecule has 0 saturated heterocycles. The average Bonchev–Trinajstić information content (AvgIpc) is 2.86. The third kappa shape index (κ3) is 7.58. The van der Waals surface area contributed by atoms with E-state index >= 15 is 0 Å². The van der Waals surface area contributed by atoms with E-state index in [4.69, 9.17) is 0 Å². The Kier molecular flexibility index (Phi) is 12.0. The van der Waals surface area contributed by atoms with Crippen LogP contribution in [-0.4, -0.2) is 72.6 Å². The highest BCUT2D eigenvalue weighted by Gasteiger charge is 2.84. The SMILES string of the molecule is O=S(=O)([O-])C(F)(F)C(F)(F)C(F)(F)C(F)(F)OCCc1ccc(CCOC(F)(F)C(F)(F)C(F)(F)C(F)(F)SOO[O-])cc1. The molecule has 0 unspecified atom stereocenters. The molecule has 0 aliphatic heterocycles. The molecule has 1 aromatic carbocycles. The fourth-order valence-corrected chi connectivity index (χ4v) is 3.43. The zero-order chi connectivity index (χ0) is 34.8. The molecule has 0 amide bonds. The first kappa shape index (κ1) is 40.2. The summed E-state index contributed by atoms with van der Waals surface area (Å²) in [5.41, 5.74) is -0.423. The van der Waals surface area contributed by atoms with Crippen molar-refractivity contribution >= 4 is 22.2 Å². The predicted molar refractivity (Wildman–Crippen MR) is 105 cm³/mol. The maximum atomic E-state index is 13.6. The van der Waals surface area contributed by atoms with Gasteiger partial charge < -0.3 is 19.3 Å². The van der Waals surface area contributed by atoms with Crippen molar-refractivity contribution in [2.75, 3.05) is 13.2 Å². The minimum atomic E-state index is -7.58. The second-order valence-corrected chi connectivity index (χ2v) is 10.3. The first-order chi connectivity index (χ1) is 19.5. The molecule has 258 valence electrons. The topological polar surface area (TPSA) is 117 Å². The summed E-state index contributed by atoms with van der Waals surface area (Å²) in [4.78, 5) is 0. The second kappa shape index (κ2) is 13.1. The number of rotatable bonds is 18. The van der Waals surface area contributed by atoms with Crippen LogP contribution in [0.5, 0.6) is 0 Å². The fraction of sp³-hybridized carbons (Fsp3) is 0.667. The van der Waals surface area contributed by atoms with E-state index in [-0.39, 0.29) is 11.1 Å². The number of ether oxygens (including phenoxy) is 2. The van der Waals surface area contributed by atoms with Crippen LogP contribution in [0.4, 0.5) is 70.2 Å². The Hall–Kier alpha value is -1.84. The lowest BCUT2D eigenvalue weighted by atomic mass is 10.1. The normalized spacial score (nSPS) is 15.1. The van der Waals surface area contributed by atoms with Gasteiger partial charge in [-0.2, -0.15) is 74.6 Å². The molecule has 26 heteroatoms. The molecule has 0 aromatic heterocycles. The lowest BCUT2D eigenvalue weighted by molar-refractivity contribution is -0.777. The molecule has 0 fully saturated rings. The Morgan fingerprint density at radius 2 is 0.955 bits per heavy atom. The number of alkyl halides is 16. The molecule has 0 saturated carbocycles. The van der Waals surface area contributed by atoms with Crippen LogP contribution in [0, 0.1) is 0 Å². The Labute approximate surface area is 238 Å². The van der Waals surface area contributed by atoms with Gasteiger partial charge in [-0.15, -0.1) is 0 Å². The van der Waals surface area contributed by atoms with Crippen molar-refractivity contribution in [2.45, 2.75) is 59.3 Å². The molecule has 0 N–H and O–H groups in total. The van der Waals surface area contributed by atoms with E-state index in [0.717, 1.165) is 24.3 Å². The highest BCUT2D eigenvalue weighted by molar-refractivity contribution is 7.95. The lowest BCUT2D eigenvalue weighted by Gasteiger charge is -2.36. The van der Waals surface area contributed by atoms with Crippen molar-refractivity contribution in [2.24, 2.45) is 0 Å². The molecule has 0 aliphatic carbocycles. The molecule has 0 radical (unpaired) electrons. The standard InChI is InChI=1S/C18H14F16O8S2/c19-11(20,13(23,24)17(31,32)43-42-41-35)15(27,28)39-7-5-9-1-3-10(4-2-9)6-8-40-16(29,30)12(21,22)14(25,26)18(33,34)44(36,37)38/h1-4,35H,5-8H2,(H,36,37,38)/p-2. The third-order valence-electron chi connectivity index (χ3n) is 5.10. The fourth-order valence-electron chi connectivity index (χ4n) is 2.65. The van der Waals surface area contributed by atoms with Crippen LogP contribution in [0.25, 0.3) is 0 Å². The molecule has 1 aromatic rings. The van der Waals surface area contributed by atoms with Crippen molar-refractivity contribution in [3.63, 3.8) is 0 Å². The second-order valence-electron chi connectivity index (χ2n) is 8.05. The van der Waals surface area contributed by atoms with E-state index in [1.165, 1.54) is 0 Å². The summed E-state index contributed by atoms with van der Waals surface area (Å²) < 4.78 is 255. The summed E-state index contributed by atoms with van der Waals surface area (Å²) in [5.74, 6) is -28.6. The summed E-state index contributed by atoms with van der Waals surface area (Å²) in [6.07, 6.45) is -14.5. The van der Waals surface area contributed by atoms with Crippen molar-refractivity contribution < 1.29 is 107 Å². The summed E-state index contributed by atoms with van der Waals surface area (Å²) in [6.45, 7) is -3.24. The van der Waals surface area contributed by atoms with Crippen molar-refractivity contribution in [1.29, 1.82) is 0 Å². The maximum Gasteiger partial charge on any atom is 0.426 e. The van der Waals surface area contributed by atoms with Gasteiger partial charge in [0, 0.05) is 0 Å². The van der Waals surface area contributed by atoms with Gasteiger partial charge in [0.2, 0.25) is 0 Å². The Balaban J connectivity index is 2.84. The van der Waals surface area contributed by atoms with E-state index < -0.39 is 94.6 Å². The number of halogens is 16. The van der Waals surface area contributed by atoms with Gasteiger partial charge in [-0.25, -0.2) is 8.42 Å². The molecular weight excluding hydrogens is 712 g/mol. The quantitative estimate of drug-likeness (QED) is 0.0668. The molecule has 0 heterocycles. The van der Waals surface area contributed by atoms with Crippen LogP contribution in [0.2, 0.25) is 0 Å². The summed E-state index contributed by atoms with van der Waals surface area (Å²) in [5, 5.41) is -1.65. The summed E-state index contributed by atoms with van der Waals surface area (Å²) in [7, 11) is -7.58. The van der Waals surface area contributed by atoms with Gasteiger partial charge in [-0.3, -0.25) is 5.04 Å². The predicted octanol–water partition coefficient (Wildman–Crippen LogP) is 5.13. The minimum absolute atomic E-state index is 0.194. The molecule has 44 heavy (non-hydrogen) atoms. The molecule has 1 rings (SSSR count). The van der Waals surface area contributed by atoms with Gasteiger partial charge in [-0.1, -0.05) is 24.3 Å². The van der Waals surface area contributed by atoms with Crippen LogP contribution >= 0.6 is 12.0 Å². The van der Waals surface area contributed by atoms with Crippen molar-refractivity contribution in [3.8, 4) is 0 Å². The number of hydrogen-bond acceptors (Lipinski definition) is 9. The highest BCUT2D eigenvalue weighted by Crippen LogP contribution is 2.57. The molecule has 0 atom stereocenters. The molecular formula is C18H12F16O8S2-2. The van der Waals surface area contributed by atoms with E-state index in [2.05, 4.69) is 18.8 Å². The number of benzene rings is 1. The third-order valence-corrected chi connectivity index (χ3v) is 6.58. The Morgan fingerprint density at radius 1 is 0.614 bits per heavy atom. The van der Waals surface area contributed by atoms with Gasteiger partial charge in [-0.05, 0) is 24.0 Å². The molecule has 8 nitrogen and oxygen atoms in total. The van der Waals surface area contributed by atoms with E-state index in [9.17, 15) is 88.5 Å². The van der Waals surface area contributed by atoms with Crippen LogP contribution < -0.4 is 5.26 Å². The summed E-state index contributed by atoms with van der Waals surface area (Å²) >= 11 is -2.01. The van der Waals surface area contributed by atoms with Gasteiger partial charge in [0.25, 0.3) is 0 Å². The monoisotopic (exact) mass is 724 g/mol.